The maximum Gasteiger partial charge on any atom is 0.337 e. The molecule has 1 aromatic heterocycles. The van der Waals surface area contributed by atoms with Gasteiger partial charge in [0.1, 0.15) is 12.1 Å². The molecule has 6 nitrogen and oxygen atoms in total. The van der Waals surface area contributed by atoms with Crippen molar-refractivity contribution in [3.63, 3.8) is 0 Å². The number of nitrogens with zero attached hydrogens (tertiary/aromatic N) is 3. The molecule has 1 heterocycles. The van der Waals surface area contributed by atoms with E-state index in [-0.39, 0.29) is 17.1 Å². The highest BCUT2D eigenvalue weighted by Crippen LogP contribution is 2.30. The molecule has 2 aromatic rings. The van der Waals surface area contributed by atoms with E-state index in [0.29, 0.717) is 0 Å². The summed E-state index contributed by atoms with van der Waals surface area (Å²) in [6.45, 7) is 0. The standard InChI is InChI=1S/C10H7FN4O2/c11-7-3-1-2-6(4-7)8-9(15(16)17)10(12)14-5-13-8/h1-5H,(H2,12,13,14). The van der Waals surface area contributed by atoms with Crippen molar-refractivity contribution in [1.82, 2.24) is 9.97 Å². The van der Waals surface area contributed by atoms with Gasteiger partial charge < -0.3 is 5.73 Å². The Balaban J connectivity index is 2.67. The summed E-state index contributed by atoms with van der Waals surface area (Å²) in [5.74, 6) is -0.752. The molecular weight excluding hydrogens is 227 g/mol. The maximum absolute atomic E-state index is 13.0. The number of nitrogen functional groups attached to an aromatic ring is 1. The normalized spacial score (nSPS) is 10.2. The Hall–Kier alpha value is -2.57. The zero-order chi connectivity index (χ0) is 12.4. The van der Waals surface area contributed by atoms with Crippen molar-refractivity contribution in [3.05, 3.63) is 46.5 Å². The van der Waals surface area contributed by atoms with Crippen LogP contribution < -0.4 is 5.73 Å². The Morgan fingerprint density at radius 2 is 2.12 bits per heavy atom. The summed E-state index contributed by atoms with van der Waals surface area (Å²) < 4.78 is 13.0. The quantitative estimate of drug-likeness (QED) is 0.631. The molecule has 2 rings (SSSR count). The molecular formula is C10H7FN4O2. The third-order valence-electron chi connectivity index (χ3n) is 2.13. The first kappa shape index (κ1) is 10.9. The highest BCUT2D eigenvalue weighted by molar-refractivity contribution is 5.75. The van der Waals surface area contributed by atoms with Crippen LogP contribution in [0.1, 0.15) is 0 Å². The third kappa shape index (κ3) is 2.03. The van der Waals surface area contributed by atoms with Crippen LogP contribution in [0.15, 0.2) is 30.6 Å². The van der Waals surface area contributed by atoms with Gasteiger partial charge in [0.15, 0.2) is 5.69 Å². The van der Waals surface area contributed by atoms with Gasteiger partial charge in [0, 0.05) is 5.56 Å². The van der Waals surface area contributed by atoms with Crippen LogP contribution in [0.2, 0.25) is 0 Å². The molecule has 0 spiro atoms. The summed E-state index contributed by atoms with van der Waals surface area (Å²) >= 11 is 0. The topological polar surface area (TPSA) is 94.9 Å². The molecule has 0 amide bonds. The lowest BCUT2D eigenvalue weighted by Crippen LogP contribution is -2.02. The van der Waals surface area contributed by atoms with Crippen LogP contribution in [0, 0.1) is 15.9 Å². The Kier molecular flexibility index (Phi) is 2.65. The summed E-state index contributed by atoms with van der Waals surface area (Å²) in [4.78, 5) is 17.5. The number of anilines is 1. The molecule has 0 aliphatic heterocycles. The maximum atomic E-state index is 13.0. The number of aromatic nitrogens is 2. The first-order chi connectivity index (χ1) is 8.09. The average Bonchev–Trinajstić information content (AvgIpc) is 2.28. The number of nitro groups is 1. The fourth-order valence-electron chi connectivity index (χ4n) is 1.42. The predicted octanol–water partition coefficient (Wildman–Crippen LogP) is 1.77. The Labute approximate surface area is 95.1 Å². The van der Waals surface area contributed by atoms with Crippen molar-refractivity contribution < 1.29 is 9.31 Å². The van der Waals surface area contributed by atoms with Gasteiger partial charge in [-0.2, -0.15) is 0 Å². The van der Waals surface area contributed by atoms with E-state index in [4.69, 9.17) is 5.73 Å². The number of benzene rings is 1. The van der Waals surface area contributed by atoms with E-state index >= 15 is 0 Å². The summed E-state index contributed by atoms with van der Waals surface area (Å²) in [5.41, 5.74) is 5.28. The van der Waals surface area contributed by atoms with Gasteiger partial charge in [0.2, 0.25) is 5.82 Å². The SMILES string of the molecule is Nc1ncnc(-c2cccc(F)c2)c1[N+](=O)[O-]. The van der Waals surface area contributed by atoms with E-state index in [2.05, 4.69) is 9.97 Å². The molecule has 0 atom stereocenters. The second-order valence-electron chi connectivity index (χ2n) is 3.22. The molecule has 17 heavy (non-hydrogen) atoms. The van der Waals surface area contributed by atoms with E-state index in [9.17, 15) is 14.5 Å². The summed E-state index contributed by atoms with van der Waals surface area (Å²) in [5, 5.41) is 10.9. The molecule has 0 radical (unpaired) electrons. The van der Waals surface area contributed by atoms with E-state index in [1.807, 2.05) is 0 Å². The largest absolute Gasteiger partial charge is 0.378 e. The Morgan fingerprint density at radius 3 is 2.76 bits per heavy atom. The van der Waals surface area contributed by atoms with E-state index in [1.165, 1.54) is 18.2 Å². The van der Waals surface area contributed by atoms with Crippen molar-refractivity contribution in [2.75, 3.05) is 5.73 Å². The fourth-order valence-corrected chi connectivity index (χ4v) is 1.42. The molecule has 0 aliphatic carbocycles. The molecule has 0 bridgehead atoms. The van der Waals surface area contributed by atoms with E-state index < -0.39 is 16.4 Å². The molecule has 86 valence electrons. The van der Waals surface area contributed by atoms with Gasteiger partial charge in [-0.1, -0.05) is 12.1 Å². The van der Waals surface area contributed by atoms with Crippen LogP contribution in [0.25, 0.3) is 11.3 Å². The second kappa shape index (κ2) is 4.12. The zero-order valence-electron chi connectivity index (χ0n) is 8.50. The molecule has 7 heteroatoms. The highest BCUT2D eigenvalue weighted by atomic mass is 19.1. The van der Waals surface area contributed by atoms with Crippen LogP contribution in [0.5, 0.6) is 0 Å². The van der Waals surface area contributed by atoms with Gasteiger partial charge in [-0.25, -0.2) is 14.4 Å². The first-order valence-corrected chi connectivity index (χ1v) is 4.60. The van der Waals surface area contributed by atoms with Gasteiger partial charge in [0.25, 0.3) is 0 Å². The van der Waals surface area contributed by atoms with Gasteiger partial charge in [-0.15, -0.1) is 0 Å². The number of rotatable bonds is 2. The first-order valence-electron chi connectivity index (χ1n) is 4.60. The van der Waals surface area contributed by atoms with Crippen LogP contribution >= 0.6 is 0 Å². The third-order valence-corrected chi connectivity index (χ3v) is 2.13. The molecule has 0 saturated heterocycles. The van der Waals surface area contributed by atoms with Crippen molar-refractivity contribution in [2.24, 2.45) is 0 Å². The summed E-state index contributed by atoms with van der Waals surface area (Å²) in [7, 11) is 0. The lowest BCUT2D eigenvalue weighted by atomic mass is 10.1. The summed E-state index contributed by atoms with van der Waals surface area (Å²) in [6.07, 6.45) is 1.10. The molecule has 0 aliphatic rings. The number of hydrogen-bond acceptors (Lipinski definition) is 5. The molecule has 2 N–H and O–H groups in total. The number of hydrogen-bond donors (Lipinski definition) is 1. The minimum Gasteiger partial charge on any atom is -0.378 e. The van der Waals surface area contributed by atoms with Gasteiger partial charge in [-0.3, -0.25) is 10.1 Å². The lowest BCUT2D eigenvalue weighted by molar-refractivity contribution is -0.383. The van der Waals surface area contributed by atoms with E-state index in [1.54, 1.807) is 0 Å². The van der Waals surface area contributed by atoms with Crippen molar-refractivity contribution in [2.45, 2.75) is 0 Å². The Bertz CT molecular complexity index is 588. The van der Waals surface area contributed by atoms with Crippen molar-refractivity contribution in [3.8, 4) is 11.3 Å². The van der Waals surface area contributed by atoms with Gasteiger partial charge >= 0.3 is 5.69 Å². The average molecular weight is 234 g/mol. The molecule has 0 saturated carbocycles. The molecule has 0 fully saturated rings. The Morgan fingerprint density at radius 1 is 1.35 bits per heavy atom. The van der Waals surface area contributed by atoms with Gasteiger partial charge in [0.05, 0.1) is 4.92 Å². The second-order valence-corrected chi connectivity index (χ2v) is 3.22. The van der Waals surface area contributed by atoms with Crippen molar-refractivity contribution in [1.29, 1.82) is 0 Å². The molecule has 0 unspecified atom stereocenters. The number of nitrogens with two attached hydrogens (primary N) is 1. The van der Waals surface area contributed by atoms with Gasteiger partial charge in [-0.05, 0) is 12.1 Å². The number of halogens is 1. The fraction of sp³-hybridized carbons (Fsp3) is 0. The smallest absolute Gasteiger partial charge is 0.337 e. The van der Waals surface area contributed by atoms with Crippen LogP contribution in [0.4, 0.5) is 15.9 Å². The van der Waals surface area contributed by atoms with Crippen LogP contribution in [-0.4, -0.2) is 14.9 Å². The lowest BCUT2D eigenvalue weighted by Gasteiger charge is -2.03. The van der Waals surface area contributed by atoms with Crippen LogP contribution in [0.3, 0.4) is 0 Å². The molecule has 1 aromatic carbocycles. The zero-order valence-corrected chi connectivity index (χ0v) is 8.50. The summed E-state index contributed by atoms with van der Waals surface area (Å²) in [6, 6.07) is 5.33. The van der Waals surface area contributed by atoms with Crippen molar-refractivity contribution >= 4 is 11.5 Å². The highest BCUT2D eigenvalue weighted by Gasteiger charge is 2.22. The predicted molar refractivity (Wildman–Crippen MR) is 58.5 cm³/mol. The minimum absolute atomic E-state index is 0.00185. The van der Waals surface area contributed by atoms with Crippen LogP contribution in [-0.2, 0) is 0 Å². The van der Waals surface area contributed by atoms with E-state index in [0.717, 1.165) is 12.4 Å². The monoisotopic (exact) mass is 234 g/mol. The minimum atomic E-state index is -0.685.